The number of carbonyl (C=O) groups excluding carboxylic acids is 1. The fourth-order valence-corrected chi connectivity index (χ4v) is 1.94. The van der Waals surface area contributed by atoms with Gasteiger partial charge in [-0.15, -0.1) is 13.2 Å². The van der Waals surface area contributed by atoms with Gasteiger partial charge in [0.25, 0.3) is 0 Å². The highest BCUT2D eigenvalue weighted by molar-refractivity contribution is 5.78. The molecule has 10 heteroatoms. The quantitative estimate of drug-likeness (QED) is 0.825. The number of carbonyl (C=O) groups is 1. The Bertz CT molecular complexity index is 542. The van der Waals surface area contributed by atoms with Crippen molar-refractivity contribution in [3.8, 4) is 5.75 Å². The predicted octanol–water partition coefficient (Wildman–Crippen LogP) is 2.87. The zero-order valence-corrected chi connectivity index (χ0v) is 10.0. The maximum absolute atomic E-state index is 12.8. The van der Waals surface area contributed by atoms with Crippen LogP contribution in [0.3, 0.4) is 0 Å². The molecule has 4 nitrogen and oxygen atoms in total. The van der Waals surface area contributed by atoms with E-state index in [1.165, 1.54) is 6.07 Å². The number of rotatable bonds is 2. The lowest BCUT2D eigenvalue weighted by Crippen LogP contribution is -2.41. The van der Waals surface area contributed by atoms with E-state index in [2.05, 4.69) is 4.74 Å². The van der Waals surface area contributed by atoms with Crippen LogP contribution >= 0.6 is 0 Å². The van der Waals surface area contributed by atoms with E-state index in [1.807, 2.05) is 5.32 Å². The van der Waals surface area contributed by atoms with Gasteiger partial charge in [0, 0.05) is 0 Å². The third-order valence-corrected chi connectivity index (χ3v) is 2.71. The van der Waals surface area contributed by atoms with Crippen molar-refractivity contribution in [2.45, 2.75) is 24.6 Å². The maximum Gasteiger partial charge on any atom is 0.573 e. The lowest BCUT2D eigenvalue weighted by molar-refractivity contribution is -0.274. The van der Waals surface area contributed by atoms with E-state index in [0.717, 1.165) is 18.2 Å². The second kappa shape index (κ2) is 5.01. The summed E-state index contributed by atoms with van der Waals surface area (Å²) in [6.07, 6.45) is -9.70. The molecular weight excluding hydrogens is 306 g/mol. The molecule has 1 fully saturated rings. The van der Waals surface area contributed by atoms with Gasteiger partial charge in [0.1, 0.15) is 5.75 Å². The summed E-state index contributed by atoms with van der Waals surface area (Å²) in [5, 5.41) is 3.68. The number of halogens is 6. The molecule has 0 aliphatic carbocycles. The fourth-order valence-electron chi connectivity index (χ4n) is 1.94. The minimum Gasteiger partial charge on any atom is -0.406 e. The molecule has 0 spiro atoms. The minimum atomic E-state index is -4.96. The molecular formula is C11H8F6N2O2. The molecule has 2 atom stereocenters. The van der Waals surface area contributed by atoms with Gasteiger partial charge < -0.3 is 15.4 Å². The van der Waals surface area contributed by atoms with Crippen LogP contribution in [0.2, 0.25) is 0 Å². The van der Waals surface area contributed by atoms with Crippen molar-refractivity contribution in [2.75, 3.05) is 0 Å². The van der Waals surface area contributed by atoms with Crippen LogP contribution in [0.25, 0.3) is 0 Å². The maximum atomic E-state index is 12.8. The van der Waals surface area contributed by atoms with Crippen LogP contribution in [0.4, 0.5) is 31.1 Å². The van der Waals surface area contributed by atoms with Gasteiger partial charge in [-0.2, -0.15) is 13.2 Å². The molecule has 116 valence electrons. The predicted molar refractivity (Wildman–Crippen MR) is 57.4 cm³/mol. The van der Waals surface area contributed by atoms with Gasteiger partial charge in [0.15, 0.2) is 6.04 Å². The highest BCUT2D eigenvalue weighted by Crippen LogP contribution is 2.34. The molecule has 2 rings (SSSR count). The van der Waals surface area contributed by atoms with Crippen molar-refractivity contribution in [2.24, 2.45) is 0 Å². The molecule has 0 bridgehead atoms. The summed E-state index contributed by atoms with van der Waals surface area (Å²) in [6.45, 7) is 0. The average molecular weight is 314 g/mol. The Morgan fingerprint density at radius 1 is 1.05 bits per heavy atom. The van der Waals surface area contributed by atoms with Crippen LogP contribution in [0.5, 0.6) is 5.75 Å². The molecule has 1 aromatic carbocycles. The first-order chi connectivity index (χ1) is 9.56. The SMILES string of the molecule is O=C1NC(c2cccc(OC(F)(F)F)c2)C(C(F)(F)F)N1. The Balaban J connectivity index is 2.28. The Kier molecular flexibility index (Phi) is 3.64. The third-order valence-electron chi connectivity index (χ3n) is 2.71. The van der Waals surface area contributed by atoms with Gasteiger partial charge in [0.05, 0.1) is 6.04 Å². The first kappa shape index (κ1) is 15.3. The van der Waals surface area contributed by atoms with E-state index in [-0.39, 0.29) is 5.56 Å². The summed E-state index contributed by atoms with van der Waals surface area (Å²) in [5.74, 6) is -0.665. The number of amides is 2. The third kappa shape index (κ3) is 3.70. The van der Waals surface area contributed by atoms with Crippen LogP contribution in [0, 0.1) is 0 Å². The first-order valence-electron chi connectivity index (χ1n) is 5.56. The summed E-state index contributed by atoms with van der Waals surface area (Å²) in [4.78, 5) is 11.1. The smallest absolute Gasteiger partial charge is 0.406 e. The van der Waals surface area contributed by atoms with Gasteiger partial charge in [-0.05, 0) is 17.7 Å². The summed E-state index contributed by atoms with van der Waals surface area (Å²) in [6, 6.07) is -0.799. The number of benzene rings is 1. The summed E-state index contributed by atoms with van der Waals surface area (Å²) < 4.78 is 78.2. The summed E-state index contributed by atoms with van der Waals surface area (Å²) >= 11 is 0. The standard InChI is InChI=1S/C11H8F6N2O2/c12-10(13,14)8-7(18-9(20)19-8)5-2-1-3-6(4-5)21-11(15,16)17/h1-4,7-8H,(H2,18,19,20). The first-order valence-corrected chi connectivity index (χ1v) is 5.56. The topological polar surface area (TPSA) is 50.4 Å². The zero-order valence-electron chi connectivity index (χ0n) is 10.0. The van der Waals surface area contributed by atoms with Gasteiger partial charge in [-0.25, -0.2) is 4.79 Å². The fraction of sp³-hybridized carbons (Fsp3) is 0.364. The zero-order chi connectivity index (χ0) is 15.8. The average Bonchev–Trinajstić information content (AvgIpc) is 2.69. The lowest BCUT2D eigenvalue weighted by atomic mass is 10.0. The number of urea groups is 1. The molecule has 0 aromatic heterocycles. The van der Waals surface area contributed by atoms with Crippen LogP contribution < -0.4 is 15.4 Å². The highest BCUT2D eigenvalue weighted by atomic mass is 19.4. The Hall–Kier alpha value is -2.13. The van der Waals surface area contributed by atoms with Gasteiger partial charge in [0.2, 0.25) is 0 Å². The number of hydrogen-bond donors (Lipinski definition) is 2. The Morgan fingerprint density at radius 3 is 2.29 bits per heavy atom. The van der Waals surface area contributed by atoms with Gasteiger partial charge >= 0.3 is 18.6 Å². The molecule has 1 aliphatic heterocycles. The second-order valence-electron chi connectivity index (χ2n) is 4.24. The lowest BCUT2D eigenvalue weighted by Gasteiger charge is -2.21. The van der Waals surface area contributed by atoms with Crippen molar-refractivity contribution in [3.05, 3.63) is 29.8 Å². The molecule has 2 unspecified atom stereocenters. The molecule has 2 N–H and O–H groups in total. The highest BCUT2D eigenvalue weighted by Gasteiger charge is 2.50. The molecule has 21 heavy (non-hydrogen) atoms. The molecule has 2 amide bonds. The van der Waals surface area contributed by atoms with Gasteiger partial charge in [-0.1, -0.05) is 12.1 Å². The number of ether oxygens (including phenoxy) is 1. The minimum absolute atomic E-state index is 0.155. The molecule has 1 saturated heterocycles. The van der Waals surface area contributed by atoms with Crippen molar-refractivity contribution >= 4 is 6.03 Å². The normalized spacial score (nSPS) is 22.7. The van der Waals surface area contributed by atoms with E-state index >= 15 is 0 Å². The number of alkyl halides is 6. The summed E-state index contributed by atoms with van der Waals surface area (Å²) in [7, 11) is 0. The van der Waals surface area contributed by atoms with Crippen molar-refractivity contribution < 1.29 is 35.9 Å². The largest absolute Gasteiger partial charge is 0.573 e. The molecule has 1 heterocycles. The van der Waals surface area contributed by atoms with Crippen molar-refractivity contribution in [1.82, 2.24) is 10.6 Å². The van der Waals surface area contributed by atoms with Crippen LogP contribution in [-0.2, 0) is 0 Å². The molecule has 0 saturated carbocycles. The molecule has 1 aromatic rings. The Labute approximate surface area is 114 Å². The monoisotopic (exact) mass is 314 g/mol. The molecule has 0 radical (unpaired) electrons. The van der Waals surface area contributed by atoms with Gasteiger partial charge in [-0.3, -0.25) is 0 Å². The van der Waals surface area contributed by atoms with Crippen molar-refractivity contribution in [3.63, 3.8) is 0 Å². The van der Waals surface area contributed by atoms with E-state index in [1.54, 1.807) is 5.32 Å². The van der Waals surface area contributed by atoms with E-state index in [0.29, 0.717) is 0 Å². The Morgan fingerprint density at radius 2 is 1.71 bits per heavy atom. The van der Waals surface area contributed by atoms with E-state index in [9.17, 15) is 31.1 Å². The van der Waals surface area contributed by atoms with E-state index < -0.39 is 36.4 Å². The van der Waals surface area contributed by atoms with Crippen molar-refractivity contribution in [1.29, 1.82) is 0 Å². The van der Waals surface area contributed by atoms with Crippen LogP contribution in [0.1, 0.15) is 11.6 Å². The van der Waals surface area contributed by atoms with E-state index in [4.69, 9.17) is 0 Å². The van der Waals surface area contributed by atoms with Crippen LogP contribution in [-0.4, -0.2) is 24.6 Å². The second-order valence-corrected chi connectivity index (χ2v) is 4.24. The van der Waals surface area contributed by atoms with Crippen LogP contribution in [0.15, 0.2) is 24.3 Å². The number of hydrogen-bond acceptors (Lipinski definition) is 2. The number of nitrogens with one attached hydrogen (secondary N) is 2. The molecule has 1 aliphatic rings. The summed E-state index contributed by atoms with van der Waals surface area (Å²) in [5.41, 5.74) is -0.155.